The molecule has 0 spiro atoms. The van der Waals surface area contributed by atoms with Gasteiger partial charge in [0, 0.05) is 11.3 Å². The molecule has 1 nitrogen and oxygen atoms in total. The van der Waals surface area contributed by atoms with Crippen molar-refractivity contribution in [1.82, 2.24) is 5.32 Å². The standard InChI is InChI=1S/C9H17NS/c1-9(2)10-7-5-3-4-6-8(7)11-9/h7-8,10H,3-6H2,1-2H3. The highest BCUT2D eigenvalue weighted by atomic mass is 32.2. The molecule has 1 aliphatic carbocycles. The third-order valence-corrected chi connectivity index (χ3v) is 4.26. The molecule has 2 unspecified atom stereocenters. The second-order valence-electron chi connectivity index (χ2n) is 4.20. The Balaban J connectivity index is 2.03. The van der Waals surface area contributed by atoms with Crippen molar-refractivity contribution in [3.05, 3.63) is 0 Å². The summed E-state index contributed by atoms with van der Waals surface area (Å²) < 4.78 is 0. The summed E-state index contributed by atoms with van der Waals surface area (Å²) in [5.74, 6) is 0. The number of hydrogen-bond donors (Lipinski definition) is 1. The SMILES string of the molecule is CC1(C)NC2CCCCC2S1. The van der Waals surface area contributed by atoms with E-state index in [1.165, 1.54) is 25.7 Å². The number of hydrogen-bond acceptors (Lipinski definition) is 2. The van der Waals surface area contributed by atoms with Crippen molar-refractivity contribution in [1.29, 1.82) is 0 Å². The highest BCUT2D eigenvalue weighted by molar-refractivity contribution is 8.01. The van der Waals surface area contributed by atoms with E-state index in [4.69, 9.17) is 0 Å². The first-order valence-corrected chi connectivity index (χ1v) is 5.51. The lowest BCUT2D eigenvalue weighted by atomic mass is 9.95. The molecule has 2 atom stereocenters. The van der Waals surface area contributed by atoms with Crippen molar-refractivity contribution in [3.8, 4) is 0 Å². The van der Waals surface area contributed by atoms with Crippen LogP contribution in [-0.4, -0.2) is 16.2 Å². The van der Waals surface area contributed by atoms with Gasteiger partial charge >= 0.3 is 0 Å². The molecule has 1 heterocycles. The van der Waals surface area contributed by atoms with Crippen molar-refractivity contribution in [2.24, 2.45) is 0 Å². The average Bonchev–Trinajstić information content (AvgIpc) is 2.21. The van der Waals surface area contributed by atoms with Crippen LogP contribution in [0.5, 0.6) is 0 Å². The van der Waals surface area contributed by atoms with Crippen LogP contribution in [0.4, 0.5) is 0 Å². The third-order valence-electron chi connectivity index (χ3n) is 2.68. The quantitative estimate of drug-likeness (QED) is 0.600. The monoisotopic (exact) mass is 171 g/mol. The van der Waals surface area contributed by atoms with Gasteiger partial charge in [-0.15, -0.1) is 11.8 Å². The van der Waals surface area contributed by atoms with Crippen LogP contribution in [0.25, 0.3) is 0 Å². The Kier molecular flexibility index (Phi) is 1.92. The molecular formula is C9H17NS. The lowest BCUT2D eigenvalue weighted by Gasteiger charge is -2.23. The summed E-state index contributed by atoms with van der Waals surface area (Å²) >= 11 is 2.14. The van der Waals surface area contributed by atoms with Crippen LogP contribution in [0, 0.1) is 0 Å². The molecule has 11 heavy (non-hydrogen) atoms. The Bertz CT molecular complexity index is 140. The van der Waals surface area contributed by atoms with E-state index >= 15 is 0 Å². The van der Waals surface area contributed by atoms with Gasteiger partial charge in [0.15, 0.2) is 0 Å². The molecule has 2 fully saturated rings. The first-order chi connectivity index (χ1) is 5.17. The van der Waals surface area contributed by atoms with Crippen molar-refractivity contribution in [2.75, 3.05) is 0 Å². The van der Waals surface area contributed by atoms with E-state index in [0.717, 1.165) is 11.3 Å². The predicted molar refractivity (Wildman–Crippen MR) is 50.8 cm³/mol. The Morgan fingerprint density at radius 3 is 2.73 bits per heavy atom. The van der Waals surface area contributed by atoms with Gasteiger partial charge in [0.2, 0.25) is 0 Å². The van der Waals surface area contributed by atoms with E-state index in [2.05, 4.69) is 30.9 Å². The fourth-order valence-corrected chi connectivity index (χ4v) is 3.89. The van der Waals surface area contributed by atoms with Gasteiger partial charge in [0.25, 0.3) is 0 Å². The third kappa shape index (κ3) is 1.57. The Hall–Kier alpha value is 0.310. The molecule has 0 bridgehead atoms. The summed E-state index contributed by atoms with van der Waals surface area (Å²) in [6, 6.07) is 0.823. The molecule has 1 saturated heterocycles. The lowest BCUT2D eigenvalue weighted by molar-refractivity contribution is 0.377. The Morgan fingerprint density at radius 2 is 2.00 bits per heavy atom. The van der Waals surface area contributed by atoms with Crippen LogP contribution < -0.4 is 5.32 Å². The molecule has 64 valence electrons. The smallest absolute Gasteiger partial charge is 0.0594 e. The summed E-state index contributed by atoms with van der Waals surface area (Å²) in [7, 11) is 0. The van der Waals surface area contributed by atoms with Crippen LogP contribution in [0.1, 0.15) is 39.5 Å². The van der Waals surface area contributed by atoms with Gasteiger partial charge in [0.05, 0.1) is 4.87 Å². The molecule has 2 heteroatoms. The van der Waals surface area contributed by atoms with Crippen molar-refractivity contribution < 1.29 is 0 Å². The molecule has 0 amide bonds. The maximum absolute atomic E-state index is 3.70. The Labute approximate surface area is 73.3 Å². The van der Waals surface area contributed by atoms with E-state index < -0.39 is 0 Å². The fourth-order valence-electron chi connectivity index (χ4n) is 2.26. The van der Waals surface area contributed by atoms with Gasteiger partial charge in [-0.1, -0.05) is 12.8 Å². The Morgan fingerprint density at radius 1 is 1.27 bits per heavy atom. The highest BCUT2D eigenvalue weighted by Crippen LogP contribution is 2.42. The van der Waals surface area contributed by atoms with Crippen molar-refractivity contribution in [2.45, 2.75) is 55.7 Å². The molecule has 0 aromatic heterocycles. The van der Waals surface area contributed by atoms with E-state index in [-0.39, 0.29) is 0 Å². The zero-order valence-electron chi connectivity index (χ0n) is 7.39. The predicted octanol–water partition coefficient (Wildman–Crippen LogP) is 2.37. The largest absolute Gasteiger partial charge is 0.299 e. The zero-order chi connectivity index (χ0) is 7.90. The molecule has 1 saturated carbocycles. The maximum Gasteiger partial charge on any atom is 0.0594 e. The van der Waals surface area contributed by atoms with E-state index in [9.17, 15) is 0 Å². The van der Waals surface area contributed by atoms with Crippen LogP contribution >= 0.6 is 11.8 Å². The minimum Gasteiger partial charge on any atom is -0.299 e. The van der Waals surface area contributed by atoms with Gasteiger partial charge in [-0.3, -0.25) is 5.32 Å². The van der Waals surface area contributed by atoms with E-state index in [0.29, 0.717) is 4.87 Å². The number of nitrogens with one attached hydrogen (secondary N) is 1. The summed E-state index contributed by atoms with van der Waals surface area (Å²) in [4.78, 5) is 0.347. The average molecular weight is 171 g/mol. The highest BCUT2D eigenvalue weighted by Gasteiger charge is 2.39. The van der Waals surface area contributed by atoms with Crippen LogP contribution in [0.15, 0.2) is 0 Å². The van der Waals surface area contributed by atoms with Gasteiger partial charge in [-0.25, -0.2) is 0 Å². The van der Waals surface area contributed by atoms with Crippen LogP contribution in [0.2, 0.25) is 0 Å². The van der Waals surface area contributed by atoms with Gasteiger partial charge in [-0.05, 0) is 26.7 Å². The molecule has 1 aliphatic heterocycles. The normalized spacial score (nSPS) is 42.0. The van der Waals surface area contributed by atoms with Crippen molar-refractivity contribution in [3.63, 3.8) is 0 Å². The molecule has 2 rings (SSSR count). The minimum atomic E-state index is 0.347. The summed E-state index contributed by atoms with van der Waals surface area (Å²) in [5, 5.41) is 4.61. The molecule has 0 aromatic carbocycles. The van der Waals surface area contributed by atoms with Crippen LogP contribution in [0.3, 0.4) is 0 Å². The lowest BCUT2D eigenvalue weighted by Crippen LogP contribution is -2.39. The van der Waals surface area contributed by atoms with Crippen molar-refractivity contribution >= 4 is 11.8 Å². The molecule has 0 radical (unpaired) electrons. The van der Waals surface area contributed by atoms with Gasteiger partial charge in [0.1, 0.15) is 0 Å². The topological polar surface area (TPSA) is 12.0 Å². The second-order valence-corrected chi connectivity index (χ2v) is 6.06. The number of rotatable bonds is 0. The second kappa shape index (κ2) is 2.67. The van der Waals surface area contributed by atoms with E-state index in [1.54, 1.807) is 0 Å². The summed E-state index contributed by atoms with van der Waals surface area (Å²) in [5.41, 5.74) is 0. The summed E-state index contributed by atoms with van der Waals surface area (Å²) in [6.45, 7) is 4.60. The minimum absolute atomic E-state index is 0.347. The van der Waals surface area contributed by atoms with E-state index in [1.807, 2.05) is 0 Å². The first-order valence-electron chi connectivity index (χ1n) is 4.63. The number of fused-ring (bicyclic) bond motifs is 1. The van der Waals surface area contributed by atoms with Gasteiger partial charge in [-0.2, -0.15) is 0 Å². The first kappa shape index (κ1) is 7.93. The summed E-state index contributed by atoms with van der Waals surface area (Å²) in [6.07, 6.45) is 5.73. The molecule has 1 N–H and O–H groups in total. The fraction of sp³-hybridized carbons (Fsp3) is 1.00. The van der Waals surface area contributed by atoms with Gasteiger partial charge < -0.3 is 0 Å². The molecular weight excluding hydrogens is 154 g/mol. The molecule has 0 aromatic rings. The number of thioether (sulfide) groups is 1. The zero-order valence-corrected chi connectivity index (χ0v) is 8.21. The molecule has 2 aliphatic rings. The maximum atomic E-state index is 3.70. The van der Waals surface area contributed by atoms with Crippen LogP contribution in [-0.2, 0) is 0 Å².